The molecule has 0 radical (unpaired) electrons. The number of ether oxygens (including phenoxy) is 3. The highest BCUT2D eigenvalue weighted by Crippen LogP contribution is 2.67. The van der Waals surface area contributed by atoms with Crippen molar-refractivity contribution < 1.29 is 33.4 Å². The van der Waals surface area contributed by atoms with Gasteiger partial charge < -0.3 is 14.2 Å². The minimum absolute atomic E-state index is 0.00595. The molecular weight excluding hydrogens is 436 g/mol. The van der Waals surface area contributed by atoms with Gasteiger partial charge >= 0.3 is 17.9 Å². The summed E-state index contributed by atoms with van der Waals surface area (Å²) in [5.74, 6) is -0.408. The normalized spacial score (nSPS) is 42.9. The van der Waals surface area contributed by atoms with Crippen molar-refractivity contribution in [2.75, 3.05) is 0 Å². The van der Waals surface area contributed by atoms with Crippen LogP contribution >= 0.6 is 0 Å². The van der Waals surface area contributed by atoms with Crippen molar-refractivity contribution in [3.05, 3.63) is 11.6 Å². The van der Waals surface area contributed by atoms with E-state index in [9.17, 15) is 19.2 Å². The molecule has 0 amide bonds. The summed E-state index contributed by atoms with van der Waals surface area (Å²) in [6.07, 6.45) is 5.70. The summed E-state index contributed by atoms with van der Waals surface area (Å²) in [5, 5.41) is 0. The Kier molecular flexibility index (Phi) is 6.45. The summed E-state index contributed by atoms with van der Waals surface area (Å²) in [5.41, 5.74) is 0.0703. The Hall–Kier alpha value is -2.18. The molecule has 0 aromatic carbocycles. The summed E-state index contributed by atoms with van der Waals surface area (Å²) in [4.78, 5) is 48.6. The van der Waals surface area contributed by atoms with Crippen molar-refractivity contribution in [2.24, 2.45) is 34.5 Å². The second-order valence-electron chi connectivity index (χ2n) is 11.4. The van der Waals surface area contributed by atoms with Crippen LogP contribution in [0.3, 0.4) is 0 Å². The van der Waals surface area contributed by atoms with Crippen molar-refractivity contribution in [3.63, 3.8) is 0 Å². The van der Waals surface area contributed by atoms with E-state index in [1.807, 2.05) is 6.08 Å². The molecule has 34 heavy (non-hydrogen) atoms. The van der Waals surface area contributed by atoms with E-state index < -0.39 is 11.5 Å². The number of rotatable bonds is 4. The predicted octanol–water partition coefficient (Wildman–Crippen LogP) is 4.17. The van der Waals surface area contributed by atoms with Gasteiger partial charge in [-0.2, -0.15) is 0 Å². The van der Waals surface area contributed by atoms with Gasteiger partial charge in [-0.25, -0.2) is 0 Å². The third-order valence-electron chi connectivity index (χ3n) is 9.61. The Labute approximate surface area is 202 Å². The van der Waals surface area contributed by atoms with Crippen molar-refractivity contribution >= 4 is 23.7 Å². The van der Waals surface area contributed by atoms with Crippen LogP contribution in [0.25, 0.3) is 0 Å². The van der Waals surface area contributed by atoms with Gasteiger partial charge in [0.2, 0.25) is 0 Å². The van der Waals surface area contributed by atoms with Crippen LogP contribution in [0.15, 0.2) is 11.6 Å². The summed E-state index contributed by atoms with van der Waals surface area (Å²) in [6, 6.07) is 0. The van der Waals surface area contributed by atoms with E-state index in [0.29, 0.717) is 12.8 Å². The number of Topliss-reactive ketones (excluding diaryl/α,β-unsaturated/α-hetero) is 1. The quantitative estimate of drug-likeness (QED) is 0.446. The first-order valence-electron chi connectivity index (χ1n) is 12.6. The molecule has 3 saturated carbocycles. The first-order valence-corrected chi connectivity index (χ1v) is 12.6. The first kappa shape index (κ1) is 24.9. The molecule has 0 unspecified atom stereocenters. The lowest BCUT2D eigenvalue weighted by molar-refractivity contribution is -0.214. The van der Waals surface area contributed by atoms with E-state index >= 15 is 0 Å². The molecule has 0 aromatic rings. The van der Waals surface area contributed by atoms with Gasteiger partial charge in [0.15, 0.2) is 5.78 Å². The summed E-state index contributed by atoms with van der Waals surface area (Å²) >= 11 is 0. The van der Waals surface area contributed by atoms with E-state index in [-0.39, 0.29) is 65.0 Å². The van der Waals surface area contributed by atoms with Crippen LogP contribution in [0.4, 0.5) is 0 Å². The smallest absolute Gasteiger partial charge is 0.302 e. The molecule has 0 spiro atoms. The van der Waals surface area contributed by atoms with E-state index in [1.54, 1.807) is 6.92 Å². The fraction of sp³-hybridized carbons (Fsp3) is 0.778. The highest BCUT2D eigenvalue weighted by molar-refractivity contribution is 5.95. The Bertz CT molecular complexity index is 922. The van der Waals surface area contributed by atoms with Crippen LogP contribution < -0.4 is 0 Å². The maximum Gasteiger partial charge on any atom is 0.302 e. The molecule has 4 rings (SSSR count). The number of fused-ring (bicyclic) bond motifs is 5. The van der Waals surface area contributed by atoms with Crippen LogP contribution in [0, 0.1) is 34.5 Å². The molecular formula is C27H38O7. The van der Waals surface area contributed by atoms with E-state index in [2.05, 4.69) is 13.8 Å². The molecule has 4 aliphatic carbocycles. The molecule has 188 valence electrons. The van der Waals surface area contributed by atoms with Crippen LogP contribution in [0.2, 0.25) is 0 Å². The molecule has 0 N–H and O–H groups in total. The first-order chi connectivity index (χ1) is 15.9. The fourth-order valence-corrected chi connectivity index (χ4v) is 8.27. The minimum Gasteiger partial charge on any atom is -0.463 e. The molecule has 0 saturated heterocycles. The lowest BCUT2D eigenvalue weighted by atomic mass is 9.43. The maximum absolute atomic E-state index is 12.6. The monoisotopic (exact) mass is 474 g/mol. The fourth-order valence-electron chi connectivity index (χ4n) is 8.27. The largest absolute Gasteiger partial charge is 0.463 e. The van der Waals surface area contributed by atoms with E-state index in [1.165, 1.54) is 20.8 Å². The van der Waals surface area contributed by atoms with Gasteiger partial charge in [0, 0.05) is 37.7 Å². The third-order valence-corrected chi connectivity index (χ3v) is 9.61. The number of allylic oxidation sites excluding steroid dienone is 1. The molecule has 7 nitrogen and oxygen atoms in total. The SMILES string of the molecule is CC(=O)O[C@@H]1CC[C@@]2(C)[C@@H](C1)C[C@@H](OC(C)=O)[C@@H]1[C@@H]2C[C@H](OC(C)=O)[C@]2(C)C(C(C)=O)=CC[C@@H]12. The molecule has 4 aliphatic rings. The zero-order valence-electron chi connectivity index (χ0n) is 21.2. The third kappa shape index (κ3) is 3.99. The second-order valence-corrected chi connectivity index (χ2v) is 11.4. The van der Waals surface area contributed by atoms with Gasteiger partial charge in [0.1, 0.15) is 18.3 Å². The molecule has 0 aromatic heterocycles. The van der Waals surface area contributed by atoms with Gasteiger partial charge in [-0.1, -0.05) is 19.9 Å². The summed E-state index contributed by atoms with van der Waals surface area (Å²) < 4.78 is 17.5. The van der Waals surface area contributed by atoms with Crippen molar-refractivity contribution in [1.29, 1.82) is 0 Å². The lowest BCUT2D eigenvalue weighted by Gasteiger charge is -2.63. The van der Waals surface area contributed by atoms with Gasteiger partial charge in [0.05, 0.1) is 0 Å². The molecule has 0 aliphatic heterocycles. The van der Waals surface area contributed by atoms with Crippen LogP contribution in [0.5, 0.6) is 0 Å². The molecule has 0 bridgehead atoms. The number of carbonyl (C=O) groups excluding carboxylic acids is 4. The highest BCUT2D eigenvalue weighted by Gasteiger charge is 2.66. The maximum atomic E-state index is 12.6. The highest BCUT2D eigenvalue weighted by atomic mass is 16.6. The number of carbonyl (C=O) groups is 4. The Balaban J connectivity index is 1.75. The molecule has 7 heteroatoms. The van der Waals surface area contributed by atoms with Gasteiger partial charge in [-0.05, 0) is 68.6 Å². The zero-order valence-corrected chi connectivity index (χ0v) is 21.2. The van der Waals surface area contributed by atoms with Gasteiger partial charge in [0.25, 0.3) is 0 Å². The van der Waals surface area contributed by atoms with Gasteiger partial charge in [-0.15, -0.1) is 0 Å². The predicted molar refractivity (Wildman–Crippen MR) is 123 cm³/mol. The topological polar surface area (TPSA) is 96.0 Å². The standard InChI is InChI=1S/C27H38O7/c1-14(28)20-7-8-21-25-22(13-24(27(20,21)6)34-17(4)31)26(5)10-9-19(32-15(2)29)11-18(26)12-23(25)33-16(3)30/h7,18-19,21-25H,8-13H2,1-6H3/t18-,19+,21-,22-,23+,24-,25-,26-,27+/m0/s1. The molecule has 0 heterocycles. The van der Waals surface area contributed by atoms with Crippen LogP contribution in [0.1, 0.15) is 80.1 Å². The Morgan fingerprint density at radius 2 is 1.50 bits per heavy atom. The van der Waals surface area contributed by atoms with Crippen LogP contribution in [-0.2, 0) is 33.4 Å². The minimum atomic E-state index is -0.602. The number of hydrogen-bond donors (Lipinski definition) is 0. The van der Waals surface area contributed by atoms with E-state index in [0.717, 1.165) is 31.3 Å². The Morgan fingerprint density at radius 3 is 2.09 bits per heavy atom. The van der Waals surface area contributed by atoms with Gasteiger partial charge in [-0.3, -0.25) is 19.2 Å². The Morgan fingerprint density at radius 1 is 0.853 bits per heavy atom. The molecule has 3 fully saturated rings. The number of hydrogen-bond acceptors (Lipinski definition) is 7. The average molecular weight is 475 g/mol. The van der Waals surface area contributed by atoms with E-state index in [4.69, 9.17) is 14.2 Å². The average Bonchev–Trinajstić information content (AvgIpc) is 3.07. The number of esters is 3. The van der Waals surface area contributed by atoms with Crippen molar-refractivity contribution in [1.82, 2.24) is 0 Å². The molecule has 9 atom stereocenters. The van der Waals surface area contributed by atoms with Crippen LogP contribution in [-0.4, -0.2) is 42.0 Å². The summed E-state index contributed by atoms with van der Waals surface area (Å²) in [6.45, 7) is 10.3. The second kappa shape index (κ2) is 8.80. The number of ketones is 1. The summed E-state index contributed by atoms with van der Waals surface area (Å²) in [7, 11) is 0. The van der Waals surface area contributed by atoms with Crippen molar-refractivity contribution in [3.8, 4) is 0 Å². The zero-order chi connectivity index (χ0) is 25.0. The lowest BCUT2D eigenvalue weighted by Crippen LogP contribution is -2.63. The van der Waals surface area contributed by atoms with Crippen molar-refractivity contribution in [2.45, 2.75) is 98.4 Å².